The van der Waals surface area contributed by atoms with Crippen molar-refractivity contribution in [2.24, 2.45) is 13.0 Å². The summed E-state index contributed by atoms with van der Waals surface area (Å²) in [6.07, 6.45) is 6.54. The predicted molar refractivity (Wildman–Crippen MR) is 123 cm³/mol. The number of aromatic nitrogens is 2. The summed E-state index contributed by atoms with van der Waals surface area (Å²) >= 11 is 1.61. The normalized spacial score (nSPS) is 14.8. The molecular formula is C24H33N3O2S. The topological polar surface area (TPSA) is 55.2 Å². The van der Waals surface area contributed by atoms with Crippen molar-refractivity contribution >= 4 is 17.7 Å². The Morgan fingerprint density at radius 2 is 1.90 bits per heavy atom. The second kappa shape index (κ2) is 11.3. The number of benzene rings is 1. The highest BCUT2D eigenvalue weighted by Crippen LogP contribution is 2.23. The zero-order chi connectivity index (χ0) is 21.3. The van der Waals surface area contributed by atoms with Crippen molar-refractivity contribution in [2.45, 2.75) is 57.0 Å². The Labute approximate surface area is 183 Å². The van der Waals surface area contributed by atoms with Gasteiger partial charge in [0.05, 0.1) is 0 Å². The van der Waals surface area contributed by atoms with Crippen LogP contribution in [-0.2, 0) is 24.7 Å². The summed E-state index contributed by atoms with van der Waals surface area (Å²) in [5, 5.41) is 0.770. The first kappa shape index (κ1) is 22.6. The quantitative estimate of drug-likeness (QED) is 0.344. The van der Waals surface area contributed by atoms with Gasteiger partial charge >= 0.3 is 0 Å². The van der Waals surface area contributed by atoms with E-state index in [1.165, 1.54) is 5.56 Å². The molecule has 1 aliphatic heterocycles. The average molecular weight is 428 g/mol. The monoisotopic (exact) mass is 427 g/mol. The van der Waals surface area contributed by atoms with E-state index < -0.39 is 0 Å². The van der Waals surface area contributed by atoms with Gasteiger partial charge < -0.3 is 4.90 Å². The van der Waals surface area contributed by atoms with Crippen molar-refractivity contribution in [1.82, 2.24) is 14.5 Å². The maximum atomic E-state index is 12.5. The van der Waals surface area contributed by atoms with Crippen LogP contribution < -0.4 is 5.56 Å². The number of nitrogens with zero attached hydrogens (tertiary/aromatic N) is 3. The SMILES string of the molecule is CCc1cc(=O)n(C)c(SCCCCC(=O)N2CCC(Cc3ccccc3)CC2)n1. The third-order valence-electron chi connectivity index (χ3n) is 5.86. The molecule has 2 aromatic rings. The number of hydrogen-bond acceptors (Lipinski definition) is 4. The molecule has 0 spiro atoms. The number of piperidine rings is 1. The van der Waals surface area contributed by atoms with Gasteiger partial charge in [0.2, 0.25) is 5.91 Å². The fourth-order valence-electron chi connectivity index (χ4n) is 3.91. The van der Waals surface area contributed by atoms with Gasteiger partial charge in [-0.05, 0) is 50.0 Å². The van der Waals surface area contributed by atoms with E-state index in [-0.39, 0.29) is 11.5 Å². The van der Waals surface area contributed by atoms with Crippen LogP contribution in [-0.4, -0.2) is 39.2 Å². The molecule has 0 bridgehead atoms. The number of hydrogen-bond donors (Lipinski definition) is 0. The summed E-state index contributed by atoms with van der Waals surface area (Å²) in [6, 6.07) is 12.3. The molecule has 1 saturated heterocycles. The van der Waals surface area contributed by atoms with Crippen molar-refractivity contribution in [2.75, 3.05) is 18.8 Å². The molecule has 0 unspecified atom stereocenters. The molecule has 2 heterocycles. The summed E-state index contributed by atoms with van der Waals surface area (Å²) < 4.78 is 1.61. The molecular weight excluding hydrogens is 394 g/mol. The summed E-state index contributed by atoms with van der Waals surface area (Å²) in [5.41, 5.74) is 2.23. The Balaban J connectivity index is 1.34. The first-order valence-corrected chi connectivity index (χ1v) is 12.1. The van der Waals surface area contributed by atoms with Gasteiger partial charge in [0.1, 0.15) is 0 Å². The van der Waals surface area contributed by atoms with Crippen LogP contribution in [0.4, 0.5) is 0 Å². The molecule has 0 saturated carbocycles. The molecule has 162 valence electrons. The van der Waals surface area contributed by atoms with Gasteiger partial charge in [-0.2, -0.15) is 0 Å². The number of carbonyl (C=O) groups is 1. The van der Waals surface area contributed by atoms with E-state index in [4.69, 9.17) is 0 Å². The van der Waals surface area contributed by atoms with E-state index in [0.717, 1.165) is 68.2 Å². The Bertz CT molecular complexity index is 874. The summed E-state index contributed by atoms with van der Waals surface area (Å²) in [7, 11) is 1.77. The lowest BCUT2D eigenvalue weighted by atomic mass is 9.90. The number of rotatable bonds is 9. The largest absolute Gasteiger partial charge is 0.343 e. The van der Waals surface area contributed by atoms with Crippen LogP contribution in [0.3, 0.4) is 0 Å². The van der Waals surface area contributed by atoms with Gasteiger partial charge in [-0.1, -0.05) is 49.0 Å². The van der Waals surface area contributed by atoms with Gasteiger partial charge in [0.25, 0.3) is 5.56 Å². The zero-order valence-corrected chi connectivity index (χ0v) is 19.0. The van der Waals surface area contributed by atoms with E-state index in [2.05, 4.69) is 35.3 Å². The molecule has 0 aliphatic carbocycles. The second-order valence-corrected chi connectivity index (χ2v) is 9.16. The van der Waals surface area contributed by atoms with E-state index in [1.54, 1.807) is 29.4 Å². The lowest BCUT2D eigenvalue weighted by molar-refractivity contribution is -0.132. The molecule has 1 amide bonds. The molecule has 1 aliphatic rings. The Morgan fingerprint density at radius 3 is 2.60 bits per heavy atom. The van der Waals surface area contributed by atoms with Gasteiger partial charge in [-0.15, -0.1) is 0 Å². The van der Waals surface area contributed by atoms with E-state index >= 15 is 0 Å². The highest BCUT2D eigenvalue weighted by atomic mass is 32.2. The molecule has 0 atom stereocenters. The lowest BCUT2D eigenvalue weighted by Gasteiger charge is -2.32. The number of thioether (sulfide) groups is 1. The molecule has 30 heavy (non-hydrogen) atoms. The fourth-order valence-corrected chi connectivity index (χ4v) is 4.90. The van der Waals surface area contributed by atoms with Crippen molar-refractivity contribution < 1.29 is 4.79 Å². The Morgan fingerprint density at radius 1 is 1.17 bits per heavy atom. The maximum absolute atomic E-state index is 12.5. The zero-order valence-electron chi connectivity index (χ0n) is 18.2. The van der Waals surface area contributed by atoms with Gasteiger partial charge in [-0.3, -0.25) is 14.2 Å². The van der Waals surface area contributed by atoms with Gasteiger partial charge in [0.15, 0.2) is 5.16 Å². The van der Waals surface area contributed by atoms with Crippen molar-refractivity contribution in [3.05, 3.63) is 58.0 Å². The summed E-state index contributed by atoms with van der Waals surface area (Å²) in [4.78, 5) is 31.1. The van der Waals surface area contributed by atoms with Crippen LogP contribution in [0.1, 0.15) is 50.3 Å². The van der Waals surface area contributed by atoms with E-state index in [1.807, 2.05) is 11.8 Å². The number of amides is 1. The van der Waals surface area contributed by atoms with E-state index in [9.17, 15) is 9.59 Å². The van der Waals surface area contributed by atoms with Gasteiger partial charge in [0, 0.05) is 44.1 Å². The number of likely N-dealkylation sites (tertiary alicyclic amines) is 1. The standard InChI is InChI=1S/C24H33N3O2S/c1-3-21-18-23(29)26(2)24(25-21)30-16-8-7-11-22(28)27-14-12-20(13-15-27)17-19-9-5-4-6-10-19/h4-6,9-10,18,20H,3,7-8,11-17H2,1-2H3. The Kier molecular flexibility index (Phi) is 8.55. The molecule has 0 radical (unpaired) electrons. The third kappa shape index (κ3) is 6.46. The number of carbonyl (C=O) groups excluding carboxylic acids is 1. The fraction of sp³-hybridized carbons (Fsp3) is 0.542. The molecule has 1 aromatic heterocycles. The highest BCUT2D eigenvalue weighted by molar-refractivity contribution is 7.99. The van der Waals surface area contributed by atoms with Crippen LogP contribution in [0, 0.1) is 5.92 Å². The summed E-state index contributed by atoms with van der Waals surface area (Å²) in [5.74, 6) is 1.85. The van der Waals surface area contributed by atoms with Gasteiger partial charge in [-0.25, -0.2) is 4.98 Å². The smallest absolute Gasteiger partial charge is 0.254 e. The minimum atomic E-state index is -0.00445. The molecule has 6 heteroatoms. The Hall–Kier alpha value is -2.08. The van der Waals surface area contributed by atoms with Crippen LogP contribution in [0.25, 0.3) is 0 Å². The first-order valence-electron chi connectivity index (χ1n) is 11.1. The second-order valence-electron chi connectivity index (χ2n) is 8.10. The van der Waals surface area contributed by atoms with Crippen molar-refractivity contribution in [1.29, 1.82) is 0 Å². The minimum Gasteiger partial charge on any atom is -0.343 e. The molecule has 3 rings (SSSR count). The van der Waals surface area contributed by atoms with Crippen LogP contribution in [0.15, 0.2) is 46.3 Å². The molecule has 1 fully saturated rings. The van der Waals surface area contributed by atoms with Crippen LogP contribution in [0.5, 0.6) is 0 Å². The highest BCUT2D eigenvalue weighted by Gasteiger charge is 2.22. The van der Waals surface area contributed by atoms with Crippen molar-refractivity contribution in [3.63, 3.8) is 0 Å². The third-order valence-corrected chi connectivity index (χ3v) is 6.98. The predicted octanol–water partition coefficient (Wildman–Crippen LogP) is 4.09. The molecule has 5 nitrogen and oxygen atoms in total. The molecule has 1 aromatic carbocycles. The van der Waals surface area contributed by atoms with Crippen LogP contribution >= 0.6 is 11.8 Å². The molecule has 0 N–H and O–H groups in total. The maximum Gasteiger partial charge on any atom is 0.254 e. The number of aryl methyl sites for hydroxylation is 1. The average Bonchev–Trinajstić information content (AvgIpc) is 2.77. The van der Waals surface area contributed by atoms with E-state index in [0.29, 0.717) is 12.3 Å². The van der Waals surface area contributed by atoms with Crippen molar-refractivity contribution in [3.8, 4) is 0 Å². The number of unbranched alkanes of at least 4 members (excludes halogenated alkanes) is 1. The van der Waals surface area contributed by atoms with Crippen LogP contribution in [0.2, 0.25) is 0 Å². The lowest BCUT2D eigenvalue weighted by Crippen LogP contribution is -2.38. The summed E-state index contributed by atoms with van der Waals surface area (Å²) in [6.45, 7) is 3.79. The minimum absolute atomic E-state index is 0.00445. The first-order chi connectivity index (χ1) is 14.6.